The smallest absolute Gasteiger partial charge is 0.338 e. The van der Waals surface area contributed by atoms with Gasteiger partial charge in [0, 0.05) is 12.1 Å². The molecule has 3 aromatic rings. The van der Waals surface area contributed by atoms with Crippen LogP contribution in [0.5, 0.6) is 5.75 Å². The highest BCUT2D eigenvalue weighted by molar-refractivity contribution is 5.90. The van der Waals surface area contributed by atoms with Gasteiger partial charge in [-0.15, -0.1) is 0 Å². The molecule has 2 heterocycles. The third kappa shape index (κ3) is 4.65. The minimum Gasteiger partial charge on any atom is -0.493 e. The molecule has 2 atom stereocenters. The van der Waals surface area contributed by atoms with Crippen molar-refractivity contribution in [1.29, 1.82) is 0 Å². The van der Waals surface area contributed by atoms with E-state index in [1.807, 2.05) is 0 Å². The summed E-state index contributed by atoms with van der Waals surface area (Å²) in [5.41, 5.74) is 4.41. The summed E-state index contributed by atoms with van der Waals surface area (Å²) >= 11 is 0. The summed E-state index contributed by atoms with van der Waals surface area (Å²) in [5.74, 6) is 0.616. The lowest BCUT2D eigenvalue weighted by Crippen LogP contribution is -2.44. The highest BCUT2D eigenvalue weighted by Crippen LogP contribution is 2.43. The maximum Gasteiger partial charge on any atom is 0.338 e. The summed E-state index contributed by atoms with van der Waals surface area (Å²) in [7, 11) is 0. The number of halogens is 1. The Morgan fingerprint density at radius 3 is 2.58 bits per heavy atom. The van der Waals surface area contributed by atoms with Gasteiger partial charge in [0.05, 0.1) is 23.1 Å². The van der Waals surface area contributed by atoms with Crippen LogP contribution in [0.15, 0.2) is 60.7 Å². The van der Waals surface area contributed by atoms with Crippen LogP contribution in [-0.2, 0) is 17.6 Å². The molecule has 0 N–H and O–H groups in total. The Bertz CT molecular complexity index is 1370. The number of ether oxygens (including phenoxy) is 2. The van der Waals surface area contributed by atoms with Gasteiger partial charge in [0.15, 0.2) is 0 Å². The lowest BCUT2D eigenvalue weighted by Gasteiger charge is -2.39. The van der Waals surface area contributed by atoms with Gasteiger partial charge in [0.1, 0.15) is 17.7 Å². The molecule has 0 unspecified atom stereocenters. The molecule has 0 aromatic heterocycles. The van der Waals surface area contributed by atoms with Crippen molar-refractivity contribution >= 4 is 11.7 Å². The fourth-order valence-electron chi connectivity index (χ4n) is 6.21. The Balaban J connectivity index is 1.20. The fourth-order valence-corrected chi connectivity index (χ4v) is 6.21. The molecule has 38 heavy (non-hydrogen) atoms. The van der Waals surface area contributed by atoms with Gasteiger partial charge in [-0.3, -0.25) is 15.0 Å². The highest BCUT2D eigenvalue weighted by atomic mass is 19.1. The molecule has 1 saturated heterocycles. The molecule has 1 fully saturated rings. The van der Waals surface area contributed by atoms with Crippen molar-refractivity contribution in [2.45, 2.75) is 50.2 Å². The van der Waals surface area contributed by atoms with E-state index in [9.17, 15) is 19.3 Å². The van der Waals surface area contributed by atoms with E-state index < -0.39 is 17.0 Å². The molecule has 196 valence electrons. The van der Waals surface area contributed by atoms with Crippen molar-refractivity contribution in [3.05, 3.63) is 104 Å². The molecule has 6 rings (SSSR count). The first-order chi connectivity index (χ1) is 18.5. The number of rotatable bonds is 5. The zero-order valence-electron chi connectivity index (χ0n) is 21.0. The average molecular weight is 517 g/mol. The number of fused-ring (bicyclic) bond motifs is 2. The Morgan fingerprint density at radius 1 is 1.03 bits per heavy atom. The van der Waals surface area contributed by atoms with Crippen molar-refractivity contribution in [3.8, 4) is 5.75 Å². The maximum atomic E-state index is 14.1. The van der Waals surface area contributed by atoms with Gasteiger partial charge < -0.3 is 9.47 Å². The summed E-state index contributed by atoms with van der Waals surface area (Å²) < 4.78 is 26.2. The van der Waals surface area contributed by atoms with E-state index in [1.54, 1.807) is 6.07 Å². The lowest BCUT2D eigenvalue weighted by molar-refractivity contribution is -0.384. The number of para-hydroxylation sites is 1. The normalized spacial score (nSPS) is 21.3. The third-order valence-electron chi connectivity index (χ3n) is 8.14. The molecule has 7 nitrogen and oxygen atoms in total. The second-order valence-corrected chi connectivity index (χ2v) is 10.3. The number of hydrogen-bond donors (Lipinski definition) is 0. The molecule has 3 aliphatic rings. The Hall–Kier alpha value is -3.78. The number of esters is 1. The van der Waals surface area contributed by atoms with E-state index in [-0.39, 0.29) is 23.1 Å². The Labute approximate surface area is 220 Å². The highest BCUT2D eigenvalue weighted by Gasteiger charge is 2.41. The molecule has 0 saturated carbocycles. The number of likely N-dealkylation sites (tertiary alicyclic amines) is 1. The standard InChI is InChI=1S/C30H29FN2O5/c31-23-8-11-26-22(17-23)18-27(29(26)38-30(34)21-6-9-24(10-7-21)33(35)36)32-14-12-19(13-15-32)25-5-1-3-20-4-2-16-37-28(20)25/h1,3,5-11,17,19,27,29H,2,4,12-16,18H2/t27-,29-/m1/s1. The Kier molecular flexibility index (Phi) is 6.57. The largest absolute Gasteiger partial charge is 0.493 e. The first-order valence-corrected chi connectivity index (χ1v) is 13.2. The molecule has 8 heteroatoms. The summed E-state index contributed by atoms with van der Waals surface area (Å²) in [6.45, 7) is 2.43. The van der Waals surface area contributed by atoms with E-state index in [0.717, 1.165) is 62.3 Å². The number of nitro groups is 1. The zero-order valence-corrected chi connectivity index (χ0v) is 21.0. The van der Waals surface area contributed by atoms with Crippen molar-refractivity contribution in [2.24, 2.45) is 0 Å². The second kappa shape index (κ2) is 10.2. The van der Waals surface area contributed by atoms with Gasteiger partial charge in [0.2, 0.25) is 0 Å². The molecular formula is C30H29FN2O5. The van der Waals surface area contributed by atoms with Gasteiger partial charge in [0.25, 0.3) is 5.69 Å². The van der Waals surface area contributed by atoms with Crippen molar-refractivity contribution < 1.29 is 23.6 Å². The molecule has 2 aliphatic heterocycles. The van der Waals surface area contributed by atoms with Crippen LogP contribution in [0.25, 0.3) is 0 Å². The Morgan fingerprint density at radius 2 is 1.82 bits per heavy atom. The first kappa shape index (κ1) is 24.6. The van der Waals surface area contributed by atoms with Gasteiger partial charge in [-0.25, -0.2) is 9.18 Å². The van der Waals surface area contributed by atoms with Gasteiger partial charge in [-0.05, 0) is 97.6 Å². The predicted molar refractivity (Wildman–Crippen MR) is 139 cm³/mol. The van der Waals surface area contributed by atoms with Crippen LogP contribution in [-0.4, -0.2) is 41.5 Å². The van der Waals surface area contributed by atoms with Crippen LogP contribution in [0.1, 0.15) is 63.9 Å². The number of carbonyl (C=O) groups is 1. The number of non-ortho nitro benzene ring substituents is 1. The average Bonchev–Trinajstić information content (AvgIpc) is 3.29. The van der Waals surface area contributed by atoms with Crippen molar-refractivity contribution in [2.75, 3.05) is 19.7 Å². The quantitative estimate of drug-likeness (QED) is 0.244. The van der Waals surface area contributed by atoms with E-state index in [0.29, 0.717) is 12.3 Å². The molecule has 0 spiro atoms. The van der Waals surface area contributed by atoms with Crippen LogP contribution in [0.3, 0.4) is 0 Å². The molecular weight excluding hydrogens is 487 g/mol. The van der Waals surface area contributed by atoms with Gasteiger partial charge >= 0.3 is 5.97 Å². The van der Waals surface area contributed by atoms with Crippen LogP contribution in [0.4, 0.5) is 10.1 Å². The number of carbonyl (C=O) groups excluding carboxylic acids is 1. The molecule has 0 amide bonds. The SMILES string of the molecule is O=C(O[C@@H]1c2ccc(F)cc2C[C@H]1N1CCC(c2cccc3c2OCCC3)CC1)c1ccc([N+](=O)[O-])cc1. The molecule has 1 aliphatic carbocycles. The third-order valence-corrected chi connectivity index (χ3v) is 8.14. The number of nitrogens with zero attached hydrogens (tertiary/aromatic N) is 2. The molecule has 3 aromatic carbocycles. The number of benzene rings is 3. The van der Waals surface area contributed by atoms with Gasteiger partial charge in [-0.2, -0.15) is 0 Å². The van der Waals surface area contributed by atoms with E-state index in [4.69, 9.17) is 9.47 Å². The topological polar surface area (TPSA) is 81.9 Å². The van der Waals surface area contributed by atoms with E-state index in [1.165, 1.54) is 47.5 Å². The summed E-state index contributed by atoms with van der Waals surface area (Å²) in [5, 5.41) is 11.0. The summed E-state index contributed by atoms with van der Waals surface area (Å²) in [6.07, 6.45) is 4.09. The van der Waals surface area contributed by atoms with E-state index >= 15 is 0 Å². The van der Waals surface area contributed by atoms with Crippen molar-refractivity contribution in [3.63, 3.8) is 0 Å². The summed E-state index contributed by atoms with van der Waals surface area (Å²) in [4.78, 5) is 25.9. The first-order valence-electron chi connectivity index (χ1n) is 13.2. The van der Waals surface area contributed by atoms with Gasteiger partial charge in [-0.1, -0.05) is 24.3 Å². The minimum absolute atomic E-state index is 0.0888. The summed E-state index contributed by atoms with van der Waals surface area (Å²) in [6, 6.07) is 16.4. The second-order valence-electron chi connectivity index (χ2n) is 10.3. The number of piperidine rings is 1. The maximum absolute atomic E-state index is 14.1. The fraction of sp³-hybridized carbons (Fsp3) is 0.367. The monoisotopic (exact) mass is 516 g/mol. The number of nitro benzene ring substituents is 1. The lowest BCUT2D eigenvalue weighted by atomic mass is 9.86. The zero-order chi connectivity index (χ0) is 26.2. The number of aryl methyl sites for hydroxylation is 1. The van der Waals surface area contributed by atoms with Crippen LogP contribution in [0.2, 0.25) is 0 Å². The van der Waals surface area contributed by atoms with E-state index in [2.05, 4.69) is 23.1 Å². The van der Waals surface area contributed by atoms with Crippen LogP contribution < -0.4 is 4.74 Å². The predicted octanol–water partition coefficient (Wildman–Crippen LogP) is 5.76. The minimum atomic E-state index is -0.546. The molecule has 0 bridgehead atoms. The van der Waals surface area contributed by atoms with Crippen LogP contribution >= 0.6 is 0 Å². The number of hydrogen-bond acceptors (Lipinski definition) is 6. The van der Waals surface area contributed by atoms with Crippen LogP contribution in [0, 0.1) is 15.9 Å². The van der Waals surface area contributed by atoms with Crippen molar-refractivity contribution in [1.82, 2.24) is 4.90 Å². The molecule has 0 radical (unpaired) electrons.